The molecule has 1 fully saturated rings. The first-order valence-corrected chi connectivity index (χ1v) is 4.30. The molecule has 3 heteroatoms. The van der Waals surface area contributed by atoms with E-state index in [2.05, 4.69) is 0 Å². The van der Waals surface area contributed by atoms with Gasteiger partial charge in [0.1, 0.15) is 0 Å². The monoisotopic (exact) mass is 172 g/mol. The quantitative estimate of drug-likeness (QED) is 0.560. The normalized spacial score (nSPS) is 31.5. The number of hydrogen-bond acceptors (Lipinski definition) is 3. The minimum atomic E-state index is -0.879. The Hall–Kier alpha value is -0.570. The second-order valence-corrected chi connectivity index (χ2v) is 4.39. The lowest BCUT2D eigenvalue weighted by Crippen LogP contribution is -2.37. The number of esters is 1. The molecule has 2 unspecified atom stereocenters. The number of rotatable bonds is 0. The van der Waals surface area contributed by atoms with Crippen LogP contribution >= 0.6 is 0 Å². The minimum Gasteiger partial charge on any atom is -0.436 e. The van der Waals surface area contributed by atoms with Crippen LogP contribution in [-0.2, 0) is 9.53 Å². The molecular formula is C9H16O3. The Kier molecular flexibility index (Phi) is 2.42. The van der Waals surface area contributed by atoms with Crippen LogP contribution in [-0.4, -0.2) is 17.4 Å². The van der Waals surface area contributed by atoms with Gasteiger partial charge in [0.15, 0.2) is 0 Å². The van der Waals surface area contributed by atoms with Crippen molar-refractivity contribution < 1.29 is 14.6 Å². The van der Waals surface area contributed by atoms with E-state index in [4.69, 9.17) is 9.84 Å². The van der Waals surface area contributed by atoms with Crippen LogP contribution in [0.3, 0.4) is 0 Å². The summed E-state index contributed by atoms with van der Waals surface area (Å²) < 4.78 is 4.74. The molecule has 1 heterocycles. The molecule has 0 aliphatic carbocycles. The molecule has 0 aromatic rings. The van der Waals surface area contributed by atoms with Gasteiger partial charge in [0.05, 0.1) is 5.92 Å². The van der Waals surface area contributed by atoms with Crippen LogP contribution in [0.2, 0.25) is 0 Å². The average molecular weight is 172 g/mol. The summed E-state index contributed by atoms with van der Waals surface area (Å²) in [5.74, 6) is -0.331. The summed E-state index contributed by atoms with van der Waals surface area (Å²) in [5, 5.41) is 9.02. The average Bonchev–Trinajstić information content (AvgIpc) is 1.83. The van der Waals surface area contributed by atoms with E-state index in [0.717, 1.165) is 6.42 Å². The van der Waals surface area contributed by atoms with Crippen LogP contribution in [0.4, 0.5) is 0 Å². The zero-order valence-electron chi connectivity index (χ0n) is 7.83. The molecule has 0 saturated carbocycles. The predicted octanol–water partition coefficient (Wildman–Crippen LogP) is 1.30. The second-order valence-electron chi connectivity index (χ2n) is 4.39. The summed E-state index contributed by atoms with van der Waals surface area (Å²) >= 11 is 0. The van der Waals surface area contributed by atoms with Crippen LogP contribution in [0.1, 0.15) is 33.6 Å². The highest BCUT2D eigenvalue weighted by Gasteiger charge is 2.37. The molecule has 1 aliphatic rings. The largest absolute Gasteiger partial charge is 0.436 e. The van der Waals surface area contributed by atoms with Crippen molar-refractivity contribution in [2.45, 2.75) is 39.9 Å². The van der Waals surface area contributed by atoms with Gasteiger partial charge in [-0.05, 0) is 11.8 Å². The molecule has 1 N–H and O–H groups in total. The summed E-state index contributed by atoms with van der Waals surface area (Å²) in [6.07, 6.45) is 0.410. The van der Waals surface area contributed by atoms with Gasteiger partial charge in [0.25, 0.3) is 0 Å². The fourth-order valence-electron chi connectivity index (χ4n) is 1.49. The fourth-order valence-corrected chi connectivity index (χ4v) is 1.49. The third-order valence-electron chi connectivity index (χ3n) is 2.28. The third-order valence-corrected chi connectivity index (χ3v) is 2.28. The molecular weight excluding hydrogens is 156 g/mol. The smallest absolute Gasteiger partial charge is 0.311 e. The lowest BCUT2D eigenvalue weighted by Gasteiger charge is -2.33. The van der Waals surface area contributed by atoms with Crippen molar-refractivity contribution in [2.24, 2.45) is 11.3 Å². The molecule has 1 aliphatic heterocycles. The molecule has 0 bridgehead atoms. The van der Waals surface area contributed by atoms with E-state index < -0.39 is 6.29 Å². The fraction of sp³-hybridized carbons (Fsp3) is 0.889. The highest BCUT2D eigenvalue weighted by Crippen LogP contribution is 2.34. The molecule has 12 heavy (non-hydrogen) atoms. The van der Waals surface area contributed by atoms with E-state index in [1.54, 1.807) is 0 Å². The maximum absolute atomic E-state index is 11.3. The summed E-state index contributed by atoms with van der Waals surface area (Å²) in [5.41, 5.74) is -0.0583. The number of aliphatic hydroxyl groups is 1. The SMILES string of the molecule is CC(C)(C)C1CCC(O)OC1=O. The van der Waals surface area contributed by atoms with E-state index in [1.807, 2.05) is 20.8 Å². The Morgan fingerprint density at radius 2 is 2.00 bits per heavy atom. The number of ether oxygens (including phenoxy) is 1. The number of carbonyl (C=O) groups excluding carboxylic acids is 1. The van der Waals surface area contributed by atoms with Crippen molar-refractivity contribution in [1.82, 2.24) is 0 Å². The Morgan fingerprint density at radius 1 is 1.42 bits per heavy atom. The molecule has 0 radical (unpaired) electrons. The van der Waals surface area contributed by atoms with Crippen molar-refractivity contribution in [2.75, 3.05) is 0 Å². The third kappa shape index (κ3) is 1.97. The van der Waals surface area contributed by atoms with E-state index in [1.165, 1.54) is 0 Å². The van der Waals surface area contributed by atoms with Crippen LogP contribution in [0.5, 0.6) is 0 Å². The van der Waals surface area contributed by atoms with Gasteiger partial charge in [-0.25, -0.2) is 0 Å². The van der Waals surface area contributed by atoms with E-state index in [-0.39, 0.29) is 17.3 Å². The van der Waals surface area contributed by atoms with Gasteiger partial charge in [-0.2, -0.15) is 0 Å². The van der Waals surface area contributed by atoms with E-state index >= 15 is 0 Å². The first-order valence-electron chi connectivity index (χ1n) is 4.30. The van der Waals surface area contributed by atoms with Crippen LogP contribution in [0.15, 0.2) is 0 Å². The van der Waals surface area contributed by atoms with Crippen molar-refractivity contribution in [3.05, 3.63) is 0 Å². The lowest BCUT2D eigenvalue weighted by molar-refractivity contribution is -0.188. The van der Waals surface area contributed by atoms with Crippen LogP contribution < -0.4 is 0 Å². The first-order chi connectivity index (χ1) is 5.41. The number of carbonyl (C=O) groups is 1. The van der Waals surface area contributed by atoms with Crippen molar-refractivity contribution >= 4 is 5.97 Å². The van der Waals surface area contributed by atoms with E-state index in [9.17, 15) is 4.79 Å². The van der Waals surface area contributed by atoms with E-state index in [0.29, 0.717) is 6.42 Å². The van der Waals surface area contributed by atoms with Crippen LogP contribution in [0, 0.1) is 11.3 Å². The molecule has 0 aromatic heterocycles. The van der Waals surface area contributed by atoms with Gasteiger partial charge in [-0.3, -0.25) is 4.79 Å². The molecule has 0 aromatic carbocycles. The number of hydrogen-bond donors (Lipinski definition) is 1. The summed E-state index contributed by atoms with van der Waals surface area (Å²) in [4.78, 5) is 11.3. The molecule has 70 valence electrons. The van der Waals surface area contributed by atoms with Crippen molar-refractivity contribution in [3.8, 4) is 0 Å². The Morgan fingerprint density at radius 3 is 2.42 bits per heavy atom. The van der Waals surface area contributed by atoms with Gasteiger partial charge in [-0.1, -0.05) is 20.8 Å². The van der Waals surface area contributed by atoms with Crippen molar-refractivity contribution in [3.63, 3.8) is 0 Å². The Bertz CT molecular complexity index is 181. The topological polar surface area (TPSA) is 46.5 Å². The lowest BCUT2D eigenvalue weighted by atomic mass is 9.77. The summed E-state index contributed by atoms with van der Waals surface area (Å²) in [6, 6.07) is 0. The zero-order valence-corrected chi connectivity index (χ0v) is 7.83. The van der Waals surface area contributed by atoms with Gasteiger partial charge < -0.3 is 9.84 Å². The maximum Gasteiger partial charge on any atom is 0.311 e. The zero-order chi connectivity index (χ0) is 9.35. The summed E-state index contributed by atoms with van der Waals surface area (Å²) in [7, 11) is 0. The van der Waals surface area contributed by atoms with Gasteiger partial charge in [-0.15, -0.1) is 0 Å². The Balaban J connectivity index is 2.63. The second kappa shape index (κ2) is 3.05. The summed E-state index contributed by atoms with van der Waals surface area (Å²) in [6.45, 7) is 6.03. The highest BCUT2D eigenvalue weighted by atomic mass is 16.6. The number of aliphatic hydroxyl groups excluding tert-OH is 1. The first kappa shape index (κ1) is 9.52. The predicted molar refractivity (Wildman–Crippen MR) is 44.3 cm³/mol. The molecule has 1 rings (SSSR count). The minimum absolute atomic E-state index is 0.0583. The molecule has 1 saturated heterocycles. The van der Waals surface area contributed by atoms with Crippen LogP contribution in [0.25, 0.3) is 0 Å². The highest BCUT2D eigenvalue weighted by molar-refractivity contribution is 5.74. The standard InChI is InChI=1S/C9H16O3/c1-9(2,3)6-4-5-7(10)12-8(6)11/h6-7,10H,4-5H2,1-3H3. The van der Waals surface area contributed by atoms with Gasteiger partial charge in [0.2, 0.25) is 6.29 Å². The van der Waals surface area contributed by atoms with Gasteiger partial charge >= 0.3 is 5.97 Å². The maximum atomic E-state index is 11.3. The molecule has 3 nitrogen and oxygen atoms in total. The van der Waals surface area contributed by atoms with Gasteiger partial charge in [0, 0.05) is 6.42 Å². The van der Waals surface area contributed by atoms with Crippen molar-refractivity contribution in [1.29, 1.82) is 0 Å². The molecule has 2 atom stereocenters. The Labute approximate surface area is 72.7 Å². The molecule has 0 spiro atoms. The molecule has 0 amide bonds. The number of cyclic esters (lactones) is 1.